The van der Waals surface area contributed by atoms with Crippen LogP contribution >= 0.6 is 0 Å². The summed E-state index contributed by atoms with van der Waals surface area (Å²) < 4.78 is 86.9. The van der Waals surface area contributed by atoms with E-state index in [1.54, 1.807) is 60.7 Å². The summed E-state index contributed by atoms with van der Waals surface area (Å²) in [6.07, 6.45) is -7.90. The van der Waals surface area contributed by atoms with Crippen molar-refractivity contribution in [2.75, 3.05) is 19.0 Å². The maximum Gasteiger partial charge on any atom is 0.416 e. The molecule has 0 fully saturated rings. The molecule has 1 heterocycles. The van der Waals surface area contributed by atoms with E-state index in [9.17, 15) is 35.9 Å². The molecule has 0 spiro atoms. The molecule has 1 aliphatic carbocycles. The van der Waals surface area contributed by atoms with Crippen LogP contribution in [0.3, 0.4) is 0 Å². The van der Waals surface area contributed by atoms with Crippen LogP contribution in [-0.2, 0) is 22.9 Å². The Bertz CT molecular complexity index is 2340. The molecule has 0 unspecified atom stereocenters. The van der Waals surface area contributed by atoms with Gasteiger partial charge in [0.05, 0.1) is 23.9 Å². The number of para-hydroxylation sites is 1. The summed E-state index contributed by atoms with van der Waals surface area (Å²) in [6.45, 7) is -1.08. The highest BCUT2D eigenvalue weighted by Gasteiger charge is 2.49. The van der Waals surface area contributed by atoms with Crippen molar-refractivity contribution in [3.05, 3.63) is 138 Å². The van der Waals surface area contributed by atoms with E-state index in [0.29, 0.717) is 58.4 Å². The van der Waals surface area contributed by atoms with E-state index in [-0.39, 0.29) is 18.0 Å². The predicted octanol–water partition coefficient (Wildman–Crippen LogP) is 9.80. The summed E-state index contributed by atoms with van der Waals surface area (Å²) >= 11 is 0. The van der Waals surface area contributed by atoms with Crippen molar-refractivity contribution in [3.8, 4) is 28.3 Å². The summed E-state index contributed by atoms with van der Waals surface area (Å²) in [4.78, 5) is 32.2. The van der Waals surface area contributed by atoms with Gasteiger partial charge in [0.15, 0.2) is 0 Å². The molecule has 0 saturated carbocycles. The third-order valence-electron chi connectivity index (χ3n) is 9.95. The highest BCUT2D eigenvalue weighted by atomic mass is 19.4. The van der Waals surface area contributed by atoms with E-state index in [0.717, 1.165) is 23.3 Å². The van der Waals surface area contributed by atoms with Gasteiger partial charge in [-0.1, -0.05) is 84.9 Å². The van der Waals surface area contributed by atoms with Crippen molar-refractivity contribution in [3.63, 3.8) is 0 Å². The topological polar surface area (TPSA) is 85.2 Å². The van der Waals surface area contributed by atoms with Crippen molar-refractivity contribution in [2.45, 2.75) is 43.6 Å². The highest BCUT2D eigenvalue weighted by Crippen LogP contribution is 2.51. The number of carbonyl (C=O) groups is 2. The Morgan fingerprint density at radius 3 is 1.98 bits per heavy atom. The minimum atomic E-state index is -4.58. The lowest BCUT2D eigenvalue weighted by Gasteiger charge is -2.31. The highest BCUT2D eigenvalue weighted by molar-refractivity contribution is 6.11. The number of methoxy groups -OCH3 is 1. The number of aryl methyl sites for hydroxylation is 1. The first kappa shape index (κ1) is 37.2. The largest absolute Gasteiger partial charge is 0.468 e. The van der Waals surface area contributed by atoms with Crippen molar-refractivity contribution in [1.82, 2.24) is 14.9 Å². The maximum atomic E-state index is 13.9. The van der Waals surface area contributed by atoms with Crippen molar-refractivity contribution in [1.29, 1.82) is 0 Å². The van der Waals surface area contributed by atoms with Gasteiger partial charge in [-0.05, 0) is 83.0 Å². The minimum absolute atomic E-state index is 0.235. The molecule has 5 aromatic carbocycles. The van der Waals surface area contributed by atoms with Gasteiger partial charge in [0.1, 0.15) is 17.5 Å². The molecular formula is C42H34F6N4O3. The molecule has 0 bridgehead atoms. The number of ether oxygens (including phenoxy) is 1. The second-order valence-electron chi connectivity index (χ2n) is 13.2. The molecule has 1 aliphatic rings. The van der Waals surface area contributed by atoms with E-state index >= 15 is 0 Å². The second-order valence-corrected chi connectivity index (χ2v) is 13.2. The molecule has 1 aromatic heterocycles. The number of anilines is 1. The summed E-state index contributed by atoms with van der Waals surface area (Å²) in [5, 5.41) is 5.06. The molecule has 6 aromatic rings. The summed E-state index contributed by atoms with van der Waals surface area (Å²) in [6, 6.07) is 31.2. The van der Waals surface area contributed by atoms with Gasteiger partial charge in [0, 0.05) is 12.1 Å². The lowest BCUT2D eigenvalue weighted by molar-refractivity contribution is -0.141. The molecule has 0 saturated heterocycles. The van der Waals surface area contributed by atoms with Crippen molar-refractivity contribution >= 4 is 28.5 Å². The van der Waals surface area contributed by atoms with Gasteiger partial charge in [0.25, 0.3) is 11.9 Å². The van der Waals surface area contributed by atoms with Gasteiger partial charge in [-0.25, -0.2) is 0 Å². The molecule has 7 rings (SSSR count). The van der Waals surface area contributed by atoms with Crippen LogP contribution in [0.15, 0.2) is 115 Å². The molecule has 13 heteroatoms. The normalized spacial score (nSPS) is 13.3. The van der Waals surface area contributed by atoms with Crippen LogP contribution in [0.4, 0.5) is 32.0 Å². The van der Waals surface area contributed by atoms with Crippen molar-refractivity contribution < 1.29 is 40.7 Å². The number of nitrogens with one attached hydrogen (secondary N) is 2. The van der Waals surface area contributed by atoms with Gasteiger partial charge in [-0.3, -0.25) is 14.2 Å². The predicted molar refractivity (Wildman–Crippen MR) is 197 cm³/mol. The zero-order valence-electron chi connectivity index (χ0n) is 29.4. The average molecular weight is 757 g/mol. The fraction of sp³-hybridized carbons (Fsp3) is 0.214. The van der Waals surface area contributed by atoms with E-state index in [4.69, 9.17) is 4.74 Å². The summed E-state index contributed by atoms with van der Waals surface area (Å²) in [5.41, 5.74) is 3.36. The number of aromatic nitrogens is 2. The first-order valence-electron chi connectivity index (χ1n) is 17.5. The van der Waals surface area contributed by atoms with Crippen LogP contribution in [0.1, 0.15) is 46.3 Å². The number of alkyl halides is 6. The van der Waals surface area contributed by atoms with Gasteiger partial charge < -0.3 is 15.4 Å². The number of imidazole rings is 1. The lowest BCUT2D eigenvalue weighted by Crippen LogP contribution is -2.47. The number of amides is 2. The number of benzene rings is 5. The molecule has 0 aliphatic heterocycles. The number of hydrogen-bond acceptors (Lipinski definition) is 4. The Kier molecular flexibility index (Phi) is 9.89. The Hall–Kier alpha value is -6.11. The van der Waals surface area contributed by atoms with Gasteiger partial charge in [0.2, 0.25) is 5.91 Å². The van der Waals surface area contributed by atoms with E-state index in [2.05, 4.69) is 15.6 Å². The molecule has 282 valence electrons. The van der Waals surface area contributed by atoms with Gasteiger partial charge in [-0.15, -0.1) is 0 Å². The van der Waals surface area contributed by atoms with E-state index < -0.39 is 41.7 Å². The van der Waals surface area contributed by atoms with Gasteiger partial charge in [-0.2, -0.15) is 31.3 Å². The van der Waals surface area contributed by atoms with E-state index in [1.807, 2.05) is 34.9 Å². The van der Waals surface area contributed by atoms with Crippen LogP contribution in [0.25, 0.3) is 33.3 Å². The van der Waals surface area contributed by atoms with Crippen LogP contribution in [0, 0.1) is 0 Å². The van der Waals surface area contributed by atoms with Crippen LogP contribution < -0.4 is 15.4 Å². The van der Waals surface area contributed by atoms with E-state index in [1.165, 1.54) is 19.2 Å². The van der Waals surface area contributed by atoms with Crippen molar-refractivity contribution in [2.24, 2.45) is 0 Å². The second kappa shape index (κ2) is 14.6. The van der Waals surface area contributed by atoms with Gasteiger partial charge >= 0.3 is 12.4 Å². The monoisotopic (exact) mass is 756 g/mol. The quantitative estimate of drug-likeness (QED) is 0.102. The van der Waals surface area contributed by atoms with Crippen LogP contribution in [-0.4, -0.2) is 41.2 Å². The maximum absolute atomic E-state index is 13.9. The molecule has 7 nitrogen and oxygen atoms in total. The molecule has 2 N–H and O–H groups in total. The SMILES string of the molecule is COc1nc2c(NC(=O)c3ccccc3-c3ccc(C(F)(F)F)cc3)cccc2n1CCCCC1(C(=O)NCC(F)(F)F)c2ccccc2-c2ccccc21. The summed E-state index contributed by atoms with van der Waals surface area (Å²) in [5.74, 6) is -1.21. The third kappa shape index (κ3) is 7.13. The Labute approximate surface area is 312 Å². The fourth-order valence-corrected chi connectivity index (χ4v) is 7.50. The Morgan fingerprint density at radius 1 is 0.745 bits per heavy atom. The molecule has 2 amide bonds. The molecular weight excluding hydrogens is 722 g/mol. The van der Waals surface area contributed by atoms with Crippen LogP contribution in [0.2, 0.25) is 0 Å². The molecule has 55 heavy (non-hydrogen) atoms. The number of carbonyl (C=O) groups excluding carboxylic acids is 2. The number of fused-ring (bicyclic) bond motifs is 4. The Morgan fingerprint density at radius 2 is 1.36 bits per heavy atom. The third-order valence-corrected chi connectivity index (χ3v) is 9.95. The van der Waals surface area contributed by atoms with Crippen LogP contribution in [0.5, 0.6) is 6.01 Å². The fourth-order valence-electron chi connectivity index (χ4n) is 7.50. The number of hydrogen-bond donors (Lipinski definition) is 2. The number of nitrogens with zero attached hydrogens (tertiary/aromatic N) is 2. The lowest BCUT2D eigenvalue weighted by atomic mass is 9.73. The minimum Gasteiger partial charge on any atom is -0.468 e. The first-order valence-corrected chi connectivity index (χ1v) is 17.5. The first-order chi connectivity index (χ1) is 26.3. The number of rotatable bonds is 11. The summed E-state index contributed by atoms with van der Waals surface area (Å²) in [7, 11) is 1.46. The number of unbranched alkanes of at least 4 members (excludes halogenated alkanes) is 1. The molecule has 0 radical (unpaired) electrons. The number of halogens is 6. The zero-order valence-corrected chi connectivity index (χ0v) is 29.4. The standard InChI is InChI=1S/C42H34F6N4O3/c1-55-39-51-36-34(50-37(53)31-14-3-2-11-28(31)26-19-21-27(22-20-26)42(46,47)48)17-10-18-35(36)52(39)24-9-8-23-40(38(54)49-25-41(43,44)45)32-15-6-4-12-29(32)30-13-5-7-16-33(30)40/h2-7,10-22H,8-9,23-25H2,1H3,(H,49,54)(H,50,53). The Balaban J connectivity index is 1.13. The average Bonchev–Trinajstić information content (AvgIpc) is 3.69. The smallest absolute Gasteiger partial charge is 0.416 e. The molecule has 0 atom stereocenters. The zero-order chi connectivity index (χ0) is 39.0.